The number of aromatic nitrogens is 2. The van der Waals surface area contributed by atoms with Crippen molar-refractivity contribution in [3.63, 3.8) is 0 Å². The van der Waals surface area contributed by atoms with E-state index in [9.17, 15) is 4.79 Å². The number of rotatable bonds is 4. The number of aryl methyl sites for hydroxylation is 1. The van der Waals surface area contributed by atoms with Crippen molar-refractivity contribution in [3.8, 4) is 0 Å². The van der Waals surface area contributed by atoms with E-state index >= 15 is 0 Å². The number of aromatic amines is 1. The number of hydrogen-bond donors (Lipinski definition) is 1. The van der Waals surface area contributed by atoms with Crippen molar-refractivity contribution in [1.82, 2.24) is 9.55 Å². The molecule has 2 aromatic carbocycles. The minimum Gasteiger partial charge on any atom is -0.351 e. The average Bonchev–Trinajstić information content (AvgIpc) is 3.30. The Morgan fingerprint density at radius 3 is 2.64 bits per heavy atom. The number of anilines is 1. The van der Waals surface area contributed by atoms with Crippen LogP contribution in [-0.2, 0) is 13.6 Å². The number of H-pyrrole nitrogens is 1. The first kappa shape index (κ1) is 15.3. The van der Waals surface area contributed by atoms with Crippen LogP contribution in [0.3, 0.4) is 0 Å². The molecular weight excluding hydrogens is 310 g/mol. The molecule has 2 heterocycles. The molecule has 0 radical (unpaired) electrons. The fraction of sp³-hybridized carbons (Fsp3) is 0.0952. The fourth-order valence-electron chi connectivity index (χ4n) is 3.09. The molecule has 1 amide bonds. The van der Waals surface area contributed by atoms with Gasteiger partial charge < -0.3 is 9.55 Å². The van der Waals surface area contributed by atoms with Crippen LogP contribution in [0.25, 0.3) is 10.9 Å². The molecule has 0 aliphatic heterocycles. The molecular formula is C21H19N3O. The maximum Gasteiger partial charge on any atom is 0.259 e. The smallest absolute Gasteiger partial charge is 0.259 e. The second-order valence-corrected chi connectivity index (χ2v) is 6.13. The van der Waals surface area contributed by atoms with Crippen LogP contribution in [0.5, 0.6) is 0 Å². The zero-order valence-corrected chi connectivity index (χ0v) is 14.0. The Hall–Kier alpha value is -3.27. The second-order valence-electron chi connectivity index (χ2n) is 6.13. The van der Waals surface area contributed by atoms with E-state index in [0.717, 1.165) is 22.3 Å². The Bertz CT molecular complexity index is 1000. The summed E-state index contributed by atoms with van der Waals surface area (Å²) in [4.78, 5) is 18.1. The summed E-state index contributed by atoms with van der Waals surface area (Å²) in [6.07, 6.45) is 3.84. The largest absolute Gasteiger partial charge is 0.351 e. The summed E-state index contributed by atoms with van der Waals surface area (Å²) in [5.41, 5.74) is 2.89. The minimum absolute atomic E-state index is 0.0166. The van der Waals surface area contributed by atoms with Crippen molar-refractivity contribution in [3.05, 3.63) is 90.3 Å². The number of carbonyl (C=O) groups is 1. The minimum atomic E-state index is -0.0166. The second kappa shape index (κ2) is 6.32. The molecule has 124 valence electrons. The van der Waals surface area contributed by atoms with Gasteiger partial charge in [-0.05, 0) is 42.0 Å². The quantitative estimate of drug-likeness (QED) is 0.594. The summed E-state index contributed by atoms with van der Waals surface area (Å²) in [6, 6.07) is 21.7. The Labute approximate surface area is 146 Å². The van der Waals surface area contributed by atoms with Gasteiger partial charge in [-0.3, -0.25) is 9.69 Å². The summed E-state index contributed by atoms with van der Waals surface area (Å²) in [5.74, 6) is 0.777. The lowest BCUT2D eigenvalue weighted by Crippen LogP contribution is -2.30. The van der Waals surface area contributed by atoms with Crippen LogP contribution in [0.1, 0.15) is 15.9 Å². The lowest BCUT2D eigenvalue weighted by atomic mass is 10.1. The number of fused-ring (bicyclic) bond motifs is 1. The Kier molecular flexibility index (Phi) is 3.86. The van der Waals surface area contributed by atoms with Crippen molar-refractivity contribution in [2.45, 2.75) is 6.54 Å². The van der Waals surface area contributed by atoms with Crippen LogP contribution in [0.15, 0.2) is 79.1 Å². The molecule has 0 aliphatic carbocycles. The number of nitrogens with one attached hydrogen (secondary N) is 1. The molecule has 0 saturated heterocycles. The lowest BCUT2D eigenvalue weighted by molar-refractivity contribution is 0.0984. The third-order valence-corrected chi connectivity index (χ3v) is 4.43. The molecule has 25 heavy (non-hydrogen) atoms. The summed E-state index contributed by atoms with van der Waals surface area (Å²) in [6.45, 7) is 0.521. The monoisotopic (exact) mass is 329 g/mol. The van der Waals surface area contributed by atoms with E-state index in [-0.39, 0.29) is 5.91 Å². The molecule has 4 aromatic rings. The SMILES string of the molecule is Cn1ccc2cc(C(=O)N(Cc3ccccc3)c3ccc[nH]3)ccc21. The van der Waals surface area contributed by atoms with E-state index in [1.807, 2.05) is 86.2 Å². The highest BCUT2D eigenvalue weighted by molar-refractivity contribution is 6.07. The molecule has 0 spiro atoms. The average molecular weight is 329 g/mol. The Morgan fingerprint density at radius 2 is 1.88 bits per heavy atom. The maximum absolute atomic E-state index is 13.2. The molecule has 0 saturated carbocycles. The summed E-state index contributed by atoms with van der Waals surface area (Å²) in [5, 5.41) is 1.07. The van der Waals surface area contributed by atoms with E-state index in [2.05, 4.69) is 9.55 Å². The topological polar surface area (TPSA) is 41.0 Å². The highest BCUT2D eigenvalue weighted by atomic mass is 16.2. The van der Waals surface area contributed by atoms with Crippen molar-refractivity contribution in [1.29, 1.82) is 0 Å². The van der Waals surface area contributed by atoms with E-state index in [0.29, 0.717) is 12.1 Å². The molecule has 1 N–H and O–H groups in total. The highest BCUT2D eigenvalue weighted by Crippen LogP contribution is 2.22. The Morgan fingerprint density at radius 1 is 1.04 bits per heavy atom. The van der Waals surface area contributed by atoms with Gasteiger partial charge in [0, 0.05) is 35.9 Å². The third-order valence-electron chi connectivity index (χ3n) is 4.43. The number of amides is 1. The van der Waals surface area contributed by atoms with E-state index < -0.39 is 0 Å². The van der Waals surface area contributed by atoms with Crippen molar-refractivity contribution in [2.75, 3.05) is 4.90 Å². The van der Waals surface area contributed by atoms with Crippen LogP contribution in [0.2, 0.25) is 0 Å². The van der Waals surface area contributed by atoms with Crippen LogP contribution in [0, 0.1) is 0 Å². The van der Waals surface area contributed by atoms with Crippen LogP contribution >= 0.6 is 0 Å². The molecule has 4 nitrogen and oxygen atoms in total. The van der Waals surface area contributed by atoms with Crippen molar-refractivity contribution >= 4 is 22.6 Å². The van der Waals surface area contributed by atoms with Crippen LogP contribution in [-0.4, -0.2) is 15.5 Å². The normalized spacial score (nSPS) is 10.9. The first-order valence-corrected chi connectivity index (χ1v) is 8.26. The number of carbonyl (C=O) groups excluding carboxylic acids is 1. The number of hydrogen-bond acceptors (Lipinski definition) is 1. The van der Waals surface area contributed by atoms with Gasteiger partial charge in [0.25, 0.3) is 5.91 Å². The predicted octanol–water partition coefficient (Wildman–Crippen LogP) is 4.35. The predicted molar refractivity (Wildman–Crippen MR) is 101 cm³/mol. The summed E-state index contributed by atoms with van der Waals surface area (Å²) >= 11 is 0. The molecule has 0 aliphatic rings. The third kappa shape index (κ3) is 2.94. The summed E-state index contributed by atoms with van der Waals surface area (Å²) < 4.78 is 2.05. The number of benzene rings is 2. The standard InChI is InChI=1S/C21H19N3O/c1-23-13-11-17-14-18(9-10-19(17)23)21(25)24(20-8-5-12-22-20)15-16-6-3-2-4-7-16/h2-14,22H,15H2,1H3. The van der Waals surface area contributed by atoms with Gasteiger partial charge in [0.2, 0.25) is 0 Å². The molecule has 4 heteroatoms. The maximum atomic E-state index is 13.2. The van der Waals surface area contributed by atoms with Gasteiger partial charge in [0.15, 0.2) is 0 Å². The van der Waals surface area contributed by atoms with Gasteiger partial charge in [0.1, 0.15) is 5.82 Å². The van der Waals surface area contributed by atoms with Crippen LogP contribution in [0.4, 0.5) is 5.82 Å². The van der Waals surface area contributed by atoms with Crippen molar-refractivity contribution in [2.24, 2.45) is 7.05 Å². The fourth-order valence-corrected chi connectivity index (χ4v) is 3.09. The van der Waals surface area contributed by atoms with Gasteiger partial charge in [-0.15, -0.1) is 0 Å². The molecule has 4 rings (SSSR count). The van der Waals surface area contributed by atoms with Gasteiger partial charge >= 0.3 is 0 Å². The molecule has 0 fully saturated rings. The van der Waals surface area contributed by atoms with Gasteiger partial charge in [-0.2, -0.15) is 0 Å². The summed E-state index contributed by atoms with van der Waals surface area (Å²) in [7, 11) is 2.00. The van der Waals surface area contributed by atoms with Gasteiger partial charge in [-0.25, -0.2) is 0 Å². The van der Waals surface area contributed by atoms with E-state index in [4.69, 9.17) is 0 Å². The van der Waals surface area contributed by atoms with Crippen molar-refractivity contribution < 1.29 is 4.79 Å². The highest BCUT2D eigenvalue weighted by Gasteiger charge is 2.19. The van der Waals surface area contributed by atoms with E-state index in [1.54, 1.807) is 4.90 Å². The first-order valence-electron chi connectivity index (χ1n) is 8.26. The first-order chi connectivity index (χ1) is 12.2. The molecule has 0 unspecified atom stereocenters. The molecule has 0 bridgehead atoms. The Balaban J connectivity index is 1.71. The molecule has 0 atom stereocenters. The lowest BCUT2D eigenvalue weighted by Gasteiger charge is -2.21. The van der Waals surface area contributed by atoms with Gasteiger partial charge in [-0.1, -0.05) is 30.3 Å². The van der Waals surface area contributed by atoms with Crippen LogP contribution < -0.4 is 4.90 Å². The molecule has 2 aromatic heterocycles. The number of nitrogens with zero attached hydrogens (tertiary/aromatic N) is 2. The zero-order valence-electron chi connectivity index (χ0n) is 14.0. The van der Waals surface area contributed by atoms with E-state index in [1.165, 1.54) is 0 Å². The zero-order chi connectivity index (χ0) is 17.2. The van der Waals surface area contributed by atoms with Gasteiger partial charge in [0.05, 0.1) is 6.54 Å².